The Kier molecular flexibility index (Phi) is 4.49. The number of fused-ring (bicyclic) bond motifs is 1. The molecular weight excluding hydrogens is 362 g/mol. The van der Waals surface area contributed by atoms with Gasteiger partial charge in [-0.05, 0) is 23.6 Å². The molecule has 0 amide bonds. The van der Waals surface area contributed by atoms with Crippen LogP contribution in [-0.4, -0.2) is 54.8 Å². The molecule has 9 heteroatoms. The van der Waals surface area contributed by atoms with E-state index < -0.39 is 30.5 Å². The van der Waals surface area contributed by atoms with E-state index in [1.165, 1.54) is 10.8 Å². The van der Waals surface area contributed by atoms with Crippen LogP contribution in [-0.2, 0) is 16.8 Å². The van der Waals surface area contributed by atoms with Crippen LogP contribution >= 0.6 is 0 Å². The molecule has 0 saturated carbocycles. The SMILES string of the molecule is N#C[C@@]1(c2cc(Cc3ccccc3)c3c(N)ncnn23)O[C@H](CO)[C@@H](O)[C@H]1O. The lowest BCUT2D eigenvalue weighted by Crippen LogP contribution is -2.41. The molecule has 0 bridgehead atoms. The number of nitrogens with two attached hydrogens (primary N) is 1. The van der Waals surface area contributed by atoms with Crippen molar-refractivity contribution in [3.8, 4) is 6.07 Å². The number of aliphatic hydroxyl groups is 3. The van der Waals surface area contributed by atoms with Crippen LogP contribution in [0.25, 0.3) is 5.52 Å². The molecule has 28 heavy (non-hydrogen) atoms. The number of hydrogen-bond acceptors (Lipinski definition) is 8. The molecule has 4 atom stereocenters. The van der Waals surface area contributed by atoms with Gasteiger partial charge in [-0.1, -0.05) is 30.3 Å². The minimum absolute atomic E-state index is 0.215. The van der Waals surface area contributed by atoms with E-state index in [-0.39, 0.29) is 11.5 Å². The first kappa shape index (κ1) is 18.3. The van der Waals surface area contributed by atoms with E-state index in [1.807, 2.05) is 36.4 Å². The summed E-state index contributed by atoms with van der Waals surface area (Å²) in [5, 5.41) is 44.3. The first-order chi connectivity index (χ1) is 13.5. The van der Waals surface area contributed by atoms with E-state index in [9.17, 15) is 20.6 Å². The number of ether oxygens (including phenoxy) is 1. The smallest absolute Gasteiger partial charge is 0.225 e. The molecule has 4 rings (SSSR count). The Labute approximate surface area is 160 Å². The van der Waals surface area contributed by atoms with E-state index >= 15 is 0 Å². The number of nitriles is 1. The summed E-state index contributed by atoms with van der Waals surface area (Å²) >= 11 is 0. The Hall–Kier alpha value is -3.03. The van der Waals surface area contributed by atoms with Crippen LogP contribution in [0, 0.1) is 11.3 Å². The van der Waals surface area contributed by atoms with Gasteiger partial charge in [0.2, 0.25) is 5.60 Å². The van der Waals surface area contributed by atoms with Crippen molar-refractivity contribution in [2.24, 2.45) is 0 Å². The van der Waals surface area contributed by atoms with E-state index in [1.54, 1.807) is 6.07 Å². The number of aromatic nitrogens is 3. The number of nitrogen functional groups attached to an aromatic ring is 1. The van der Waals surface area contributed by atoms with E-state index in [4.69, 9.17) is 10.5 Å². The van der Waals surface area contributed by atoms with Crippen molar-refractivity contribution in [1.82, 2.24) is 14.6 Å². The molecule has 0 unspecified atom stereocenters. The van der Waals surface area contributed by atoms with Gasteiger partial charge in [-0.15, -0.1) is 0 Å². The van der Waals surface area contributed by atoms with Crippen LogP contribution in [0.3, 0.4) is 0 Å². The van der Waals surface area contributed by atoms with Crippen molar-refractivity contribution in [3.63, 3.8) is 0 Å². The van der Waals surface area contributed by atoms with E-state index in [2.05, 4.69) is 10.1 Å². The topological polar surface area (TPSA) is 150 Å². The second kappa shape index (κ2) is 6.85. The summed E-state index contributed by atoms with van der Waals surface area (Å²) in [6, 6.07) is 13.3. The Balaban J connectivity index is 1.91. The third-order valence-electron chi connectivity index (χ3n) is 5.08. The Morgan fingerprint density at radius 3 is 2.68 bits per heavy atom. The minimum atomic E-state index is -1.91. The van der Waals surface area contributed by atoms with Crippen LogP contribution in [0.5, 0.6) is 0 Å². The van der Waals surface area contributed by atoms with Gasteiger partial charge in [0.25, 0.3) is 0 Å². The van der Waals surface area contributed by atoms with E-state index in [0.717, 1.165) is 11.1 Å². The lowest BCUT2D eigenvalue weighted by atomic mass is 9.92. The van der Waals surface area contributed by atoms with Crippen molar-refractivity contribution < 1.29 is 20.1 Å². The van der Waals surface area contributed by atoms with Gasteiger partial charge in [0.15, 0.2) is 5.82 Å². The van der Waals surface area contributed by atoms with Crippen LogP contribution in [0.4, 0.5) is 5.82 Å². The minimum Gasteiger partial charge on any atom is -0.394 e. The van der Waals surface area contributed by atoms with Crippen LogP contribution < -0.4 is 5.73 Å². The molecule has 3 heterocycles. The van der Waals surface area contributed by atoms with Crippen LogP contribution in [0.2, 0.25) is 0 Å². The number of nitrogens with zero attached hydrogens (tertiary/aromatic N) is 4. The molecule has 9 nitrogen and oxygen atoms in total. The molecule has 1 aliphatic rings. The fourth-order valence-electron chi connectivity index (χ4n) is 3.69. The van der Waals surface area contributed by atoms with Gasteiger partial charge >= 0.3 is 0 Å². The molecule has 3 aromatic rings. The largest absolute Gasteiger partial charge is 0.394 e. The zero-order chi connectivity index (χ0) is 19.9. The Morgan fingerprint density at radius 2 is 2.04 bits per heavy atom. The predicted molar refractivity (Wildman–Crippen MR) is 97.9 cm³/mol. The second-order valence-corrected chi connectivity index (χ2v) is 6.74. The maximum absolute atomic E-state index is 10.6. The molecule has 1 saturated heterocycles. The third-order valence-corrected chi connectivity index (χ3v) is 5.08. The number of anilines is 1. The first-order valence-corrected chi connectivity index (χ1v) is 8.73. The monoisotopic (exact) mass is 381 g/mol. The summed E-state index contributed by atoms with van der Waals surface area (Å²) in [5.74, 6) is 0.215. The maximum Gasteiger partial charge on any atom is 0.225 e. The van der Waals surface area contributed by atoms with Gasteiger partial charge in [0.05, 0.1) is 12.3 Å². The molecule has 0 aliphatic carbocycles. The Bertz CT molecular complexity index is 1050. The van der Waals surface area contributed by atoms with Crippen molar-refractivity contribution >= 4 is 11.3 Å². The lowest BCUT2D eigenvalue weighted by molar-refractivity contribution is -0.0643. The summed E-state index contributed by atoms with van der Waals surface area (Å²) in [6.45, 7) is -0.543. The molecule has 0 radical (unpaired) electrons. The molecule has 2 aromatic heterocycles. The number of benzene rings is 1. The summed E-state index contributed by atoms with van der Waals surface area (Å²) < 4.78 is 7.04. The van der Waals surface area contributed by atoms with Gasteiger partial charge in [-0.25, -0.2) is 9.50 Å². The lowest BCUT2D eigenvalue weighted by Gasteiger charge is -2.24. The quantitative estimate of drug-likeness (QED) is 0.482. The average Bonchev–Trinajstić information content (AvgIpc) is 3.20. The van der Waals surface area contributed by atoms with Crippen LogP contribution in [0.15, 0.2) is 42.7 Å². The highest BCUT2D eigenvalue weighted by molar-refractivity contribution is 5.72. The maximum atomic E-state index is 10.6. The van der Waals surface area contributed by atoms with Gasteiger partial charge in [-0.3, -0.25) is 0 Å². The predicted octanol–water partition coefficient (Wildman–Crippen LogP) is -0.266. The van der Waals surface area contributed by atoms with Crippen molar-refractivity contribution in [2.75, 3.05) is 12.3 Å². The number of aliphatic hydroxyl groups excluding tert-OH is 3. The molecule has 1 aromatic carbocycles. The highest BCUT2D eigenvalue weighted by Gasteiger charge is 2.57. The molecule has 144 valence electrons. The van der Waals surface area contributed by atoms with Gasteiger partial charge in [-0.2, -0.15) is 10.4 Å². The van der Waals surface area contributed by atoms with Crippen LogP contribution in [0.1, 0.15) is 16.8 Å². The molecule has 1 aliphatic heterocycles. The third kappa shape index (κ3) is 2.63. The average molecular weight is 381 g/mol. The highest BCUT2D eigenvalue weighted by atomic mass is 16.6. The molecule has 0 spiro atoms. The normalized spacial score (nSPS) is 27.1. The van der Waals surface area contributed by atoms with Crippen molar-refractivity contribution in [3.05, 3.63) is 59.5 Å². The summed E-state index contributed by atoms with van der Waals surface area (Å²) in [5.41, 5.74) is 6.63. The molecule has 1 fully saturated rings. The zero-order valence-corrected chi connectivity index (χ0v) is 14.8. The fraction of sp³-hybridized carbons (Fsp3) is 0.316. The molecular formula is C19H19N5O4. The summed E-state index contributed by atoms with van der Waals surface area (Å²) in [7, 11) is 0. The summed E-state index contributed by atoms with van der Waals surface area (Å²) in [4.78, 5) is 4.03. The summed E-state index contributed by atoms with van der Waals surface area (Å²) in [6.07, 6.45) is -2.37. The zero-order valence-electron chi connectivity index (χ0n) is 14.8. The van der Waals surface area contributed by atoms with E-state index in [0.29, 0.717) is 11.9 Å². The highest BCUT2D eigenvalue weighted by Crippen LogP contribution is 2.41. The van der Waals surface area contributed by atoms with Crippen molar-refractivity contribution in [1.29, 1.82) is 5.26 Å². The second-order valence-electron chi connectivity index (χ2n) is 6.74. The first-order valence-electron chi connectivity index (χ1n) is 8.73. The number of hydrogen-bond donors (Lipinski definition) is 4. The molecule has 5 N–H and O–H groups in total. The van der Waals surface area contributed by atoms with Gasteiger partial charge in [0.1, 0.15) is 36.2 Å². The van der Waals surface area contributed by atoms with Gasteiger partial charge in [0, 0.05) is 0 Å². The van der Waals surface area contributed by atoms with Crippen molar-refractivity contribution in [2.45, 2.75) is 30.3 Å². The Morgan fingerprint density at radius 1 is 1.29 bits per heavy atom. The number of rotatable bonds is 4. The fourth-order valence-corrected chi connectivity index (χ4v) is 3.69. The standard InChI is InChI=1S/C19H19N5O4/c20-9-19(17(27)16(26)13(8-25)28-19)14-7-12(6-11-4-2-1-3-5-11)15-18(21)22-10-23-24(14)15/h1-5,7,10,13,16-17,25-27H,6,8H2,(H2,21,22,23)/t13-,16-,17-,19+/m1/s1. The van der Waals surface area contributed by atoms with Gasteiger partial charge < -0.3 is 25.8 Å².